The van der Waals surface area contributed by atoms with Gasteiger partial charge in [0, 0.05) is 36.2 Å². The molecule has 2 saturated carbocycles. The summed E-state index contributed by atoms with van der Waals surface area (Å²) in [6.07, 6.45) is 8.48. The van der Waals surface area contributed by atoms with Crippen LogP contribution in [0.1, 0.15) is 62.1 Å². The zero-order valence-electron chi connectivity index (χ0n) is 15.4. The summed E-state index contributed by atoms with van der Waals surface area (Å²) in [5, 5.41) is 18.0. The molecule has 4 rings (SSSR count). The first-order valence-electron chi connectivity index (χ1n) is 9.81. The summed E-state index contributed by atoms with van der Waals surface area (Å²) >= 11 is 0. The van der Waals surface area contributed by atoms with E-state index in [4.69, 9.17) is 4.98 Å². The molecule has 142 valence electrons. The highest BCUT2D eigenvalue weighted by molar-refractivity contribution is 5.47. The third kappa shape index (κ3) is 4.53. The van der Waals surface area contributed by atoms with Crippen LogP contribution < -0.4 is 10.6 Å². The number of anilines is 2. The van der Waals surface area contributed by atoms with Crippen molar-refractivity contribution < 1.29 is 4.92 Å². The average molecular weight is 367 g/mol. The van der Waals surface area contributed by atoms with E-state index >= 15 is 0 Å². The van der Waals surface area contributed by atoms with E-state index in [0.29, 0.717) is 30.0 Å². The second kappa shape index (κ2) is 7.90. The van der Waals surface area contributed by atoms with Gasteiger partial charge in [-0.25, -0.2) is 4.98 Å². The predicted molar refractivity (Wildman–Crippen MR) is 105 cm³/mol. The van der Waals surface area contributed by atoms with Gasteiger partial charge in [0.2, 0.25) is 5.95 Å². The number of nitro groups is 1. The Morgan fingerprint density at radius 2 is 1.85 bits per heavy atom. The van der Waals surface area contributed by atoms with Gasteiger partial charge in [0.05, 0.1) is 10.6 Å². The number of nitrogens with one attached hydrogen (secondary N) is 2. The van der Waals surface area contributed by atoms with Crippen molar-refractivity contribution in [1.29, 1.82) is 0 Å². The van der Waals surface area contributed by atoms with Gasteiger partial charge in [-0.15, -0.1) is 0 Å². The van der Waals surface area contributed by atoms with Crippen molar-refractivity contribution in [3.05, 3.63) is 51.7 Å². The molecule has 0 aliphatic heterocycles. The van der Waals surface area contributed by atoms with E-state index in [9.17, 15) is 10.1 Å². The molecule has 0 saturated heterocycles. The number of hydrogen-bond acceptors (Lipinski definition) is 6. The molecule has 7 heteroatoms. The highest BCUT2D eigenvalue weighted by Crippen LogP contribution is 2.40. The molecule has 2 N–H and O–H groups in total. The van der Waals surface area contributed by atoms with Crippen LogP contribution in [0.5, 0.6) is 0 Å². The molecule has 2 aliphatic rings. The van der Waals surface area contributed by atoms with Crippen LogP contribution in [0.15, 0.2) is 30.3 Å². The fourth-order valence-corrected chi connectivity index (χ4v) is 3.66. The van der Waals surface area contributed by atoms with Crippen molar-refractivity contribution >= 4 is 17.5 Å². The lowest BCUT2D eigenvalue weighted by Crippen LogP contribution is -2.24. The normalized spacial score (nSPS) is 17.5. The van der Waals surface area contributed by atoms with E-state index in [1.807, 2.05) is 12.1 Å². The first-order chi connectivity index (χ1) is 13.2. The highest BCUT2D eigenvalue weighted by atomic mass is 16.6. The molecule has 1 aromatic carbocycles. The summed E-state index contributed by atoms with van der Waals surface area (Å²) < 4.78 is 0. The topological polar surface area (TPSA) is 93.0 Å². The van der Waals surface area contributed by atoms with Crippen LogP contribution in [0.3, 0.4) is 0 Å². The lowest BCUT2D eigenvalue weighted by atomic mass is 9.96. The summed E-state index contributed by atoms with van der Waals surface area (Å²) in [4.78, 5) is 20.2. The summed E-state index contributed by atoms with van der Waals surface area (Å²) in [5.41, 5.74) is 1.84. The van der Waals surface area contributed by atoms with Crippen LogP contribution >= 0.6 is 0 Å². The van der Waals surface area contributed by atoms with Gasteiger partial charge in [0.15, 0.2) is 0 Å². The van der Waals surface area contributed by atoms with Gasteiger partial charge in [-0.05, 0) is 25.7 Å². The van der Waals surface area contributed by atoms with Crippen LogP contribution in [0, 0.1) is 10.1 Å². The summed E-state index contributed by atoms with van der Waals surface area (Å²) in [7, 11) is 0. The molecule has 0 radical (unpaired) electrons. The molecule has 1 heterocycles. The molecular weight excluding hydrogens is 342 g/mol. The van der Waals surface area contributed by atoms with Crippen LogP contribution in [-0.4, -0.2) is 20.9 Å². The summed E-state index contributed by atoms with van der Waals surface area (Å²) in [6, 6.07) is 9.23. The van der Waals surface area contributed by atoms with Gasteiger partial charge >= 0.3 is 0 Å². The Hall–Kier alpha value is -2.70. The van der Waals surface area contributed by atoms with Crippen LogP contribution in [0.4, 0.5) is 17.5 Å². The zero-order chi connectivity index (χ0) is 18.6. The zero-order valence-corrected chi connectivity index (χ0v) is 15.4. The van der Waals surface area contributed by atoms with E-state index in [2.05, 4.69) is 15.6 Å². The molecule has 0 amide bonds. The third-order valence-corrected chi connectivity index (χ3v) is 5.33. The number of benzene rings is 1. The fourth-order valence-electron chi connectivity index (χ4n) is 3.66. The maximum atomic E-state index is 11.2. The first-order valence-corrected chi connectivity index (χ1v) is 9.81. The molecule has 2 aromatic rings. The number of aromatic nitrogens is 2. The SMILES string of the molecule is O=[N+]([O-])c1ccccc1CNc1cc(C2CC2)nc(NC2CCCCC2)n1. The molecule has 2 fully saturated rings. The Bertz CT molecular complexity index is 816. The smallest absolute Gasteiger partial charge is 0.274 e. The van der Waals surface area contributed by atoms with Crippen molar-refractivity contribution in [3.8, 4) is 0 Å². The maximum Gasteiger partial charge on any atom is 0.274 e. The minimum atomic E-state index is -0.345. The molecule has 0 bridgehead atoms. The van der Waals surface area contributed by atoms with Crippen LogP contribution in [0.2, 0.25) is 0 Å². The maximum absolute atomic E-state index is 11.2. The van der Waals surface area contributed by atoms with E-state index in [1.165, 1.54) is 38.2 Å². The second-order valence-electron chi connectivity index (χ2n) is 7.49. The molecule has 0 atom stereocenters. The molecule has 1 aromatic heterocycles. The standard InChI is InChI=1S/C20H25N5O2/c26-25(27)18-9-5-4-6-15(18)13-21-19-12-17(14-10-11-14)23-20(24-19)22-16-7-2-1-3-8-16/h4-6,9,12,14,16H,1-3,7-8,10-11,13H2,(H2,21,22,23,24). The van der Waals surface area contributed by atoms with E-state index in [1.54, 1.807) is 12.1 Å². The quantitative estimate of drug-likeness (QED) is 0.548. The number of rotatable bonds is 7. The fraction of sp³-hybridized carbons (Fsp3) is 0.500. The van der Waals surface area contributed by atoms with Gasteiger partial charge in [0.1, 0.15) is 5.82 Å². The largest absolute Gasteiger partial charge is 0.366 e. The lowest BCUT2D eigenvalue weighted by molar-refractivity contribution is -0.385. The number of para-hydroxylation sites is 1. The molecule has 0 spiro atoms. The molecular formula is C20H25N5O2. The minimum absolute atomic E-state index is 0.127. The van der Waals surface area contributed by atoms with Crippen LogP contribution in [-0.2, 0) is 6.54 Å². The minimum Gasteiger partial charge on any atom is -0.366 e. The van der Waals surface area contributed by atoms with E-state index in [-0.39, 0.29) is 10.6 Å². The first kappa shape index (κ1) is 17.7. The second-order valence-corrected chi connectivity index (χ2v) is 7.49. The monoisotopic (exact) mass is 367 g/mol. The number of nitro benzene ring substituents is 1. The van der Waals surface area contributed by atoms with Crippen molar-refractivity contribution in [2.75, 3.05) is 10.6 Å². The Morgan fingerprint density at radius 1 is 1.07 bits per heavy atom. The Morgan fingerprint density at radius 3 is 2.59 bits per heavy atom. The van der Waals surface area contributed by atoms with Crippen molar-refractivity contribution in [2.24, 2.45) is 0 Å². The Labute approximate surface area is 158 Å². The van der Waals surface area contributed by atoms with Gasteiger partial charge < -0.3 is 10.6 Å². The van der Waals surface area contributed by atoms with Crippen molar-refractivity contribution in [2.45, 2.75) is 63.5 Å². The number of hydrogen-bond donors (Lipinski definition) is 2. The van der Waals surface area contributed by atoms with E-state index in [0.717, 1.165) is 24.4 Å². The highest BCUT2D eigenvalue weighted by Gasteiger charge is 2.27. The molecule has 7 nitrogen and oxygen atoms in total. The van der Waals surface area contributed by atoms with Crippen molar-refractivity contribution in [3.63, 3.8) is 0 Å². The lowest BCUT2D eigenvalue weighted by Gasteiger charge is -2.23. The van der Waals surface area contributed by atoms with E-state index < -0.39 is 0 Å². The number of nitrogens with zero attached hydrogens (tertiary/aromatic N) is 3. The average Bonchev–Trinajstić information content (AvgIpc) is 3.52. The van der Waals surface area contributed by atoms with Gasteiger partial charge in [-0.3, -0.25) is 10.1 Å². The molecule has 2 aliphatic carbocycles. The molecule has 0 unspecified atom stereocenters. The molecule has 27 heavy (non-hydrogen) atoms. The van der Waals surface area contributed by atoms with Crippen molar-refractivity contribution in [1.82, 2.24) is 9.97 Å². The van der Waals surface area contributed by atoms with Gasteiger partial charge in [-0.1, -0.05) is 37.5 Å². The summed E-state index contributed by atoms with van der Waals surface area (Å²) in [6.45, 7) is 0.362. The Kier molecular flexibility index (Phi) is 5.18. The Balaban J connectivity index is 1.50. The van der Waals surface area contributed by atoms with Gasteiger partial charge in [0.25, 0.3) is 5.69 Å². The third-order valence-electron chi connectivity index (χ3n) is 5.33. The predicted octanol–water partition coefficient (Wildman–Crippen LogP) is 4.62. The van der Waals surface area contributed by atoms with Gasteiger partial charge in [-0.2, -0.15) is 4.98 Å². The summed E-state index contributed by atoms with van der Waals surface area (Å²) in [5.74, 6) is 1.92. The van der Waals surface area contributed by atoms with Crippen LogP contribution in [0.25, 0.3) is 0 Å².